The van der Waals surface area contributed by atoms with Crippen molar-refractivity contribution in [2.75, 3.05) is 0 Å². The molecule has 0 radical (unpaired) electrons. The fourth-order valence-corrected chi connectivity index (χ4v) is 7.83. The van der Waals surface area contributed by atoms with Crippen LogP contribution in [-0.2, 0) is 5.41 Å². The number of benzene rings is 7. The van der Waals surface area contributed by atoms with E-state index < -0.39 is 0 Å². The van der Waals surface area contributed by atoms with Crippen LogP contribution in [0.1, 0.15) is 25.0 Å². The Morgan fingerprint density at radius 3 is 1.63 bits per heavy atom. The molecule has 0 amide bonds. The van der Waals surface area contributed by atoms with E-state index >= 15 is 0 Å². The van der Waals surface area contributed by atoms with Gasteiger partial charge < -0.3 is 4.42 Å². The minimum atomic E-state index is -0.144. The van der Waals surface area contributed by atoms with Gasteiger partial charge in [0.2, 0.25) is 0 Å². The number of furan rings is 1. The van der Waals surface area contributed by atoms with Crippen LogP contribution in [0, 0.1) is 0 Å². The Morgan fingerprint density at radius 2 is 0.904 bits per heavy atom. The van der Waals surface area contributed by atoms with Crippen molar-refractivity contribution < 1.29 is 4.42 Å². The maximum absolute atomic E-state index is 6.41. The maximum atomic E-state index is 6.41. The number of hydrogen-bond acceptors (Lipinski definition) is 4. The lowest BCUT2D eigenvalue weighted by molar-refractivity contribution is 0.661. The van der Waals surface area contributed by atoms with E-state index in [1.54, 1.807) is 0 Å². The Morgan fingerprint density at radius 1 is 0.385 bits per heavy atom. The van der Waals surface area contributed by atoms with E-state index in [1.807, 2.05) is 60.7 Å². The van der Waals surface area contributed by atoms with Crippen LogP contribution in [0.2, 0.25) is 0 Å². The summed E-state index contributed by atoms with van der Waals surface area (Å²) in [6.07, 6.45) is 0. The lowest BCUT2D eigenvalue weighted by atomic mass is 9.81. The highest BCUT2D eigenvalue weighted by Crippen LogP contribution is 2.50. The summed E-state index contributed by atoms with van der Waals surface area (Å²) < 4.78 is 6.41. The third kappa shape index (κ3) is 4.87. The third-order valence-corrected chi connectivity index (χ3v) is 10.5. The van der Waals surface area contributed by atoms with Crippen LogP contribution in [-0.4, -0.2) is 15.0 Å². The minimum Gasteiger partial charge on any atom is -0.455 e. The van der Waals surface area contributed by atoms with Crippen molar-refractivity contribution in [3.8, 4) is 67.5 Å². The Hall–Kier alpha value is -6.65. The molecule has 10 rings (SSSR count). The molecule has 0 fully saturated rings. The summed E-state index contributed by atoms with van der Waals surface area (Å²) in [7, 11) is 0. The summed E-state index contributed by atoms with van der Waals surface area (Å²) in [5.41, 5.74) is 14.2. The Labute approximate surface area is 302 Å². The van der Waals surface area contributed by atoms with Gasteiger partial charge in [-0.15, -0.1) is 0 Å². The van der Waals surface area contributed by atoms with Crippen LogP contribution < -0.4 is 0 Å². The van der Waals surface area contributed by atoms with Gasteiger partial charge in [0.1, 0.15) is 11.2 Å². The highest BCUT2D eigenvalue weighted by atomic mass is 16.3. The van der Waals surface area contributed by atoms with Gasteiger partial charge in [-0.2, -0.15) is 0 Å². The van der Waals surface area contributed by atoms with Gasteiger partial charge >= 0.3 is 0 Å². The molecule has 0 unspecified atom stereocenters. The number of para-hydroxylation sites is 2. The zero-order valence-corrected chi connectivity index (χ0v) is 28.8. The first-order valence-corrected chi connectivity index (χ1v) is 17.7. The van der Waals surface area contributed by atoms with E-state index in [0.717, 1.165) is 49.8 Å². The average molecular weight is 668 g/mol. The monoisotopic (exact) mass is 667 g/mol. The molecule has 2 aromatic heterocycles. The molecule has 52 heavy (non-hydrogen) atoms. The Balaban J connectivity index is 1.07. The van der Waals surface area contributed by atoms with Crippen LogP contribution in [0.15, 0.2) is 168 Å². The number of hydrogen-bond donors (Lipinski definition) is 0. The Bertz CT molecular complexity index is 2820. The number of rotatable bonds is 5. The number of aromatic nitrogens is 3. The quantitative estimate of drug-likeness (QED) is 0.183. The summed E-state index contributed by atoms with van der Waals surface area (Å²) in [6.45, 7) is 4.68. The smallest absolute Gasteiger partial charge is 0.167 e. The molecule has 1 aliphatic carbocycles. The molecule has 9 aromatic rings. The lowest BCUT2D eigenvalue weighted by Gasteiger charge is -2.22. The highest BCUT2D eigenvalue weighted by molar-refractivity contribution is 6.09. The van der Waals surface area contributed by atoms with Crippen molar-refractivity contribution in [1.82, 2.24) is 15.0 Å². The minimum absolute atomic E-state index is 0.144. The second kappa shape index (κ2) is 11.7. The van der Waals surface area contributed by atoms with Crippen molar-refractivity contribution in [2.24, 2.45) is 0 Å². The zero-order chi connectivity index (χ0) is 34.8. The van der Waals surface area contributed by atoms with Crippen molar-refractivity contribution in [3.05, 3.63) is 175 Å². The first-order chi connectivity index (χ1) is 25.5. The molecule has 0 atom stereocenters. The zero-order valence-electron chi connectivity index (χ0n) is 28.8. The lowest BCUT2D eigenvalue weighted by Crippen LogP contribution is -2.15. The summed E-state index contributed by atoms with van der Waals surface area (Å²) in [6, 6.07) is 57.4. The number of nitrogens with zero attached hydrogens (tertiary/aromatic N) is 3. The second-order valence-corrected chi connectivity index (χ2v) is 14.0. The standard InChI is InChI=1S/C48H33N3O/c1-48(2)41-28-33(30-13-5-3-6-14-30)23-25-36(41)37-26-24-34(29-42(37)48)32-17-11-18-35(27-32)46-49-45(31-15-7-4-8-16-31)50-47(51-46)40-21-12-20-39-38-19-9-10-22-43(38)52-44(39)40/h3-29H,1-2H3. The summed E-state index contributed by atoms with van der Waals surface area (Å²) >= 11 is 0. The van der Waals surface area contributed by atoms with Crippen LogP contribution in [0.25, 0.3) is 89.5 Å². The summed E-state index contributed by atoms with van der Waals surface area (Å²) in [4.78, 5) is 15.2. The van der Waals surface area contributed by atoms with E-state index in [1.165, 1.54) is 33.4 Å². The maximum Gasteiger partial charge on any atom is 0.167 e. The van der Waals surface area contributed by atoms with Gasteiger partial charge in [-0.25, -0.2) is 15.0 Å². The van der Waals surface area contributed by atoms with Gasteiger partial charge in [0, 0.05) is 27.3 Å². The molecule has 246 valence electrons. The fraction of sp³-hybridized carbons (Fsp3) is 0.0625. The van der Waals surface area contributed by atoms with Crippen molar-refractivity contribution >= 4 is 21.9 Å². The molecule has 0 saturated carbocycles. The normalized spacial score (nSPS) is 13.0. The van der Waals surface area contributed by atoms with Crippen LogP contribution in [0.5, 0.6) is 0 Å². The van der Waals surface area contributed by atoms with Crippen LogP contribution >= 0.6 is 0 Å². The molecule has 2 heterocycles. The molecular formula is C48H33N3O. The van der Waals surface area contributed by atoms with E-state index in [-0.39, 0.29) is 5.41 Å². The van der Waals surface area contributed by atoms with Crippen molar-refractivity contribution in [3.63, 3.8) is 0 Å². The topological polar surface area (TPSA) is 51.8 Å². The van der Waals surface area contributed by atoms with Gasteiger partial charge in [0.15, 0.2) is 17.5 Å². The summed E-state index contributed by atoms with van der Waals surface area (Å²) in [5, 5.41) is 2.11. The third-order valence-electron chi connectivity index (χ3n) is 10.5. The molecule has 0 bridgehead atoms. The number of fused-ring (bicyclic) bond motifs is 6. The van der Waals surface area contributed by atoms with Gasteiger partial charge in [-0.05, 0) is 74.8 Å². The SMILES string of the molecule is CC1(C)c2cc(-c3ccccc3)ccc2-c2ccc(-c3cccc(-c4nc(-c5ccccc5)nc(-c5cccc6c5oc5ccccc56)n4)c3)cc21. The first kappa shape index (κ1) is 30.2. The molecule has 4 heteroatoms. The molecule has 7 aromatic carbocycles. The van der Waals surface area contributed by atoms with Crippen molar-refractivity contribution in [2.45, 2.75) is 19.3 Å². The van der Waals surface area contributed by atoms with E-state index in [9.17, 15) is 0 Å². The first-order valence-electron chi connectivity index (χ1n) is 17.7. The predicted octanol–water partition coefficient (Wildman–Crippen LogP) is 12.4. The van der Waals surface area contributed by atoms with Gasteiger partial charge in [0.05, 0.1) is 5.56 Å². The molecule has 0 N–H and O–H groups in total. The van der Waals surface area contributed by atoms with Crippen LogP contribution in [0.4, 0.5) is 0 Å². The summed E-state index contributed by atoms with van der Waals surface area (Å²) in [5.74, 6) is 1.80. The highest BCUT2D eigenvalue weighted by Gasteiger charge is 2.36. The van der Waals surface area contributed by atoms with E-state index in [4.69, 9.17) is 19.4 Å². The molecule has 0 spiro atoms. The Kier molecular flexibility index (Phi) is 6.80. The van der Waals surface area contributed by atoms with E-state index in [2.05, 4.69) is 117 Å². The fourth-order valence-electron chi connectivity index (χ4n) is 7.83. The second-order valence-electron chi connectivity index (χ2n) is 14.0. The van der Waals surface area contributed by atoms with E-state index in [0.29, 0.717) is 17.5 Å². The average Bonchev–Trinajstić information content (AvgIpc) is 3.70. The van der Waals surface area contributed by atoms with Gasteiger partial charge in [0.25, 0.3) is 0 Å². The largest absolute Gasteiger partial charge is 0.455 e. The predicted molar refractivity (Wildman–Crippen MR) is 212 cm³/mol. The van der Waals surface area contributed by atoms with Gasteiger partial charge in [-0.3, -0.25) is 0 Å². The molecule has 0 saturated heterocycles. The molecule has 4 nitrogen and oxygen atoms in total. The molecular weight excluding hydrogens is 635 g/mol. The molecule has 0 aliphatic heterocycles. The molecule has 1 aliphatic rings. The van der Waals surface area contributed by atoms with Crippen LogP contribution in [0.3, 0.4) is 0 Å². The van der Waals surface area contributed by atoms with Crippen molar-refractivity contribution in [1.29, 1.82) is 0 Å². The van der Waals surface area contributed by atoms with Gasteiger partial charge in [-0.1, -0.05) is 147 Å².